The zero-order valence-electron chi connectivity index (χ0n) is 25.4. The Labute approximate surface area is 240 Å². The maximum atomic E-state index is 14.9. The fourth-order valence-electron chi connectivity index (χ4n) is 7.67. The molecule has 3 saturated heterocycles. The van der Waals surface area contributed by atoms with Crippen LogP contribution in [0.15, 0.2) is 25.3 Å². The number of hydrogen-bond acceptors (Lipinski definition) is 5. The van der Waals surface area contributed by atoms with Gasteiger partial charge in [-0.25, -0.2) is 0 Å². The molecule has 0 aromatic heterocycles. The van der Waals surface area contributed by atoms with Crippen LogP contribution in [0.4, 0.5) is 0 Å². The van der Waals surface area contributed by atoms with Crippen LogP contribution >= 0.6 is 11.8 Å². The van der Waals surface area contributed by atoms with E-state index in [9.17, 15) is 19.5 Å². The van der Waals surface area contributed by atoms with Gasteiger partial charge in [-0.1, -0.05) is 53.2 Å². The van der Waals surface area contributed by atoms with Gasteiger partial charge in [0, 0.05) is 30.9 Å². The van der Waals surface area contributed by atoms with Crippen LogP contribution in [0.25, 0.3) is 0 Å². The predicted octanol–water partition coefficient (Wildman–Crippen LogP) is 4.36. The molecule has 220 valence electrons. The molecule has 3 heterocycles. The van der Waals surface area contributed by atoms with Gasteiger partial charge >= 0.3 is 0 Å². The lowest BCUT2D eigenvalue weighted by atomic mass is 9.70. The van der Waals surface area contributed by atoms with Crippen molar-refractivity contribution in [2.45, 2.75) is 102 Å². The highest BCUT2D eigenvalue weighted by molar-refractivity contribution is 8.02. The van der Waals surface area contributed by atoms with E-state index in [1.807, 2.05) is 18.7 Å². The van der Waals surface area contributed by atoms with E-state index >= 15 is 0 Å². The Morgan fingerprint density at radius 1 is 1.18 bits per heavy atom. The Bertz CT molecular complexity index is 975. The second-order valence-corrected chi connectivity index (χ2v) is 15.3. The van der Waals surface area contributed by atoms with E-state index in [-0.39, 0.29) is 40.9 Å². The third-order valence-electron chi connectivity index (χ3n) is 9.15. The van der Waals surface area contributed by atoms with E-state index in [1.54, 1.807) is 40.8 Å². The van der Waals surface area contributed by atoms with Crippen LogP contribution in [0.2, 0.25) is 0 Å². The van der Waals surface area contributed by atoms with Gasteiger partial charge in [-0.15, -0.1) is 24.9 Å². The molecule has 2 unspecified atom stereocenters. The Morgan fingerprint density at radius 2 is 1.79 bits per heavy atom. The lowest BCUT2D eigenvalue weighted by molar-refractivity contribution is -0.150. The van der Waals surface area contributed by atoms with E-state index in [0.29, 0.717) is 19.5 Å². The molecule has 39 heavy (non-hydrogen) atoms. The Balaban J connectivity index is 2.16. The largest absolute Gasteiger partial charge is 0.394 e. The summed E-state index contributed by atoms with van der Waals surface area (Å²) in [7, 11) is 1.75. The van der Waals surface area contributed by atoms with Crippen molar-refractivity contribution in [3.63, 3.8) is 0 Å². The van der Waals surface area contributed by atoms with Crippen LogP contribution in [0, 0.1) is 23.2 Å². The van der Waals surface area contributed by atoms with E-state index in [1.165, 1.54) is 0 Å². The summed E-state index contributed by atoms with van der Waals surface area (Å²) in [5, 5.41) is 10.6. The second kappa shape index (κ2) is 11.6. The Hall–Kier alpha value is -1.80. The summed E-state index contributed by atoms with van der Waals surface area (Å²) in [6.07, 6.45) is 6.49. The number of likely N-dealkylation sites (tertiary alicyclic amines) is 1. The van der Waals surface area contributed by atoms with Crippen LogP contribution in [-0.2, 0) is 14.4 Å². The van der Waals surface area contributed by atoms with Gasteiger partial charge in [0.25, 0.3) is 0 Å². The van der Waals surface area contributed by atoms with Gasteiger partial charge in [0.05, 0.1) is 29.2 Å². The number of hydrogen-bond donors (Lipinski definition) is 1. The minimum Gasteiger partial charge on any atom is -0.394 e. The zero-order chi connectivity index (χ0) is 29.5. The molecule has 3 fully saturated rings. The third-order valence-corrected chi connectivity index (χ3v) is 11.1. The lowest BCUT2D eigenvalue weighted by Gasteiger charge is -2.47. The third kappa shape index (κ3) is 5.57. The molecule has 7 atom stereocenters. The molecule has 3 aliphatic rings. The number of thioether (sulfide) groups is 1. The quantitative estimate of drug-likeness (QED) is 0.358. The molecule has 0 aromatic carbocycles. The topological polar surface area (TPSA) is 81.2 Å². The van der Waals surface area contributed by atoms with Crippen LogP contribution < -0.4 is 0 Å². The monoisotopic (exact) mass is 561 g/mol. The molecule has 1 spiro atoms. The first kappa shape index (κ1) is 31.7. The van der Waals surface area contributed by atoms with Crippen molar-refractivity contribution < 1.29 is 19.5 Å². The van der Waals surface area contributed by atoms with Crippen LogP contribution in [0.1, 0.15) is 74.1 Å². The highest BCUT2D eigenvalue weighted by Crippen LogP contribution is 2.67. The minimum absolute atomic E-state index is 0.000271. The van der Waals surface area contributed by atoms with Crippen LogP contribution in [0.5, 0.6) is 0 Å². The molecule has 0 saturated carbocycles. The van der Waals surface area contributed by atoms with Crippen molar-refractivity contribution in [2.75, 3.05) is 26.7 Å². The number of aliphatic hydroxyl groups is 1. The summed E-state index contributed by atoms with van der Waals surface area (Å²) in [6, 6.07) is -1.23. The summed E-state index contributed by atoms with van der Waals surface area (Å²) in [6.45, 7) is 23.0. The standard InChI is InChI=1S/C31H51N3O4S/c1-11-16-32(10)26(36)23-22-14-15-31(39-22)24(23)27(37)34(21(18-35)20(4)13-3)25(31)28(38)33(17-12-2)30(8,9)19-29(5,6)7/h11-12,20-25,35H,1-2,13-19H2,3-10H3/t20-,21-,22+,23-,24-,25?,31?/m0/s1. The van der Waals surface area contributed by atoms with Gasteiger partial charge in [0.15, 0.2) is 0 Å². The number of nitrogens with zero attached hydrogens (tertiary/aromatic N) is 3. The fraction of sp³-hybridized carbons (Fsp3) is 0.774. The van der Waals surface area contributed by atoms with Crippen molar-refractivity contribution in [1.29, 1.82) is 0 Å². The number of amides is 3. The predicted molar refractivity (Wildman–Crippen MR) is 159 cm³/mol. The first-order valence-electron chi connectivity index (χ1n) is 14.5. The van der Waals surface area contributed by atoms with Gasteiger partial charge in [-0.05, 0) is 44.4 Å². The highest BCUT2D eigenvalue weighted by Gasteiger charge is 2.75. The highest BCUT2D eigenvalue weighted by atomic mass is 32.2. The molecule has 1 N–H and O–H groups in total. The van der Waals surface area contributed by atoms with Crippen LogP contribution in [-0.4, -0.2) is 91.9 Å². The van der Waals surface area contributed by atoms with E-state index in [2.05, 4.69) is 47.8 Å². The average Bonchev–Trinajstić information content (AvgIpc) is 3.48. The maximum absolute atomic E-state index is 14.9. The van der Waals surface area contributed by atoms with E-state index in [4.69, 9.17) is 0 Å². The van der Waals surface area contributed by atoms with E-state index in [0.717, 1.165) is 19.3 Å². The van der Waals surface area contributed by atoms with Gasteiger partial charge in [0.1, 0.15) is 6.04 Å². The normalized spacial score (nSPS) is 29.7. The minimum atomic E-state index is -0.738. The Morgan fingerprint density at radius 3 is 2.31 bits per heavy atom. The molecule has 7 nitrogen and oxygen atoms in total. The smallest absolute Gasteiger partial charge is 0.247 e. The number of fused-ring (bicyclic) bond motifs is 1. The van der Waals surface area contributed by atoms with Crippen LogP contribution in [0.3, 0.4) is 0 Å². The summed E-state index contributed by atoms with van der Waals surface area (Å²) < 4.78 is -0.688. The van der Waals surface area contributed by atoms with Crippen molar-refractivity contribution in [3.05, 3.63) is 25.3 Å². The summed E-state index contributed by atoms with van der Waals surface area (Å²) in [5.74, 6) is -1.36. The average molecular weight is 562 g/mol. The summed E-state index contributed by atoms with van der Waals surface area (Å²) in [5.41, 5.74) is -0.508. The van der Waals surface area contributed by atoms with Crippen molar-refractivity contribution >= 4 is 29.5 Å². The number of carbonyl (C=O) groups excluding carboxylic acids is 3. The summed E-state index contributed by atoms with van der Waals surface area (Å²) in [4.78, 5) is 48.3. The number of likely N-dealkylation sites (N-methyl/N-ethyl adjacent to an activating group) is 1. The van der Waals surface area contributed by atoms with Gasteiger partial charge in [-0.3, -0.25) is 14.4 Å². The molecule has 2 bridgehead atoms. The molecule has 0 aliphatic carbocycles. The Kier molecular flexibility index (Phi) is 9.43. The first-order chi connectivity index (χ1) is 18.1. The molecule has 3 amide bonds. The number of aliphatic hydroxyl groups excluding tert-OH is 1. The molecule has 3 rings (SSSR count). The summed E-state index contributed by atoms with van der Waals surface area (Å²) >= 11 is 1.68. The van der Waals surface area contributed by atoms with Crippen molar-refractivity contribution in [2.24, 2.45) is 23.2 Å². The van der Waals surface area contributed by atoms with Crippen molar-refractivity contribution in [3.8, 4) is 0 Å². The zero-order valence-corrected chi connectivity index (χ0v) is 26.2. The number of rotatable bonds is 12. The van der Waals surface area contributed by atoms with Crippen molar-refractivity contribution in [1.82, 2.24) is 14.7 Å². The second-order valence-electron chi connectivity index (χ2n) is 13.7. The molecule has 0 radical (unpaired) electrons. The lowest BCUT2D eigenvalue weighted by Crippen LogP contribution is -2.62. The number of carbonyl (C=O) groups is 3. The molecule has 0 aromatic rings. The molecule has 8 heteroatoms. The molecule has 3 aliphatic heterocycles. The van der Waals surface area contributed by atoms with Gasteiger partial charge in [-0.2, -0.15) is 0 Å². The first-order valence-corrected chi connectivity index (χ1v) is 15.4. The molecular weight excluding hydrogens is 510 g/mol. The maximum Gasteiger partial charge on any atom is 0.247 e. The van der Waals surface area contributed by atoms with Gasteiger partial charge < -0.3 is 19.8 Å². The van der Waals surface area contributed by atoms with Gasteiger partial charge in [0.2, 0.25) is 17.7 Å². The van der Waals surface area contributed by atoms with E-state index < -0.39 is 34.2 Å². The SMILES string of the molecule is C=CCN(C)C(=O)[C@@H]1[C@H]2C(=O)N([C@@H](CO)[C@@H](C)CC)C(C(=O)N(CC=C)C(C)(C)CC(C)(C)C)C23CC[C@H]1S3. The molecular formula is C31H51N3O4S. The fourth-order valence-corrected chi connectivity index (χ4v) is 9.86.